The highest BCUT2D eigenvalue weighted by molar-refractivity contribution is 6.07. The summed E-state index contributed by atoms with van der Waals surface area (Å²) in [4.78, 5) is 39.6. The molecule has 1 saturated carbocycles. The van der Waals surface area contributed by atoms with Crippen molar-refractivity contribution in [1.29, 1.82) is 0 Å². The normalized spacial score (nSPS) is 15.6. The van der Waals surface area contributed by atoms with Crippen LogP contribution < -0.4 is 20.3 Å². The number of carbonyl (C=O) groups is 3. The monoisotopic (exact) mass is 453 g/mol. The van der Waals surface area contributed by atoms with E-state index in [9.17, 15) is 14.4 Å². The molecule has 1 aliphatic heterocycles. The Morgan fingerprint density at radius 3 is 2.67 bits per heavy atom. The number of hydrogen-bond donors (Lipinski definition) is 3. The second-order valence-corrected chi connectivity index (χ2v) is 8.13. The molecule has 0 bridgehead atoms. The standard InChI is InChI=1S/C24H27N3O6/c1-3-33-20-11-15(9-10-19(20)32-2)18(12-21(28)26-31)27-13-16-5-4-6-17(22(16)24(27)30)25-23(29)14-7-8-14/h4-6,9-11,14,18,31H,3,7-8,12-13H2,1-2H3,(H,25,29)(H,26,28). The quantitative estimate of drug-likeness (QED) is 0.397. The summed E-state index contributed by atoms with van der Waals surface area (Å²) in [6.07, 6.45) is 1.57. The summed E-state index contributed by atoms with van der Waals surface area (Å²) in [6.45, 7) is 2.53. The molecule has 3 amide bonds. The van der Waals surface area contributed by atoms with Gasteiger partial charge in [0, 0.05) is 12.5 Å². The number of methoxy groups -OCH3 is 1. The van der Waals surface area contributed by atoms with Crippen LogP contribution in [-0.4, -0.2) is 41.5 Å². The average Bonchev–Trinajstić information content (AvgIpc) is 3.62. The Balaban J connectivity index is 1.68. The van der Waals surface area contributed by atoms with Crippen LogP contribution in [0.5, 0.6) is 11.5 Å². The molecule has 1 aliphatic carbocycles. The highest BCUT2D eigenvalue weighted by atomic mass is 16.5. The van der Waals surface area contributed by atoms with Gasteiger partial charge in [0.05, 0.1) is 37.4 Å². The molecule has 3 N–H and O–H groups in total. The third-order valence-electron chi connectivity index (χ3n) is 5.92. The minimum Gasteiger partial charge on any atom is -0.493 e. The van der Waals surface area contributed by atoms with Crippen molar-refractivity contribution in [3.05, 3.63) is 53.1 Å². The van der Waals surface area contributed by atoms with Crippen LogP contribution in [0.4, 0.5) is 5.69 Å². The molecule has 4 rings (SSSR count). The number of hydroxylamine groups is 1. The van der Waals surface area contributed by atoms with Gasteiger partial charge in [-0.3, -0.25) is 19.6 Å². The zero-order valence-electron chi connectivity index (χ0n) is 18.6. The minimum absolute atomic E-state index is 0.00532. The lowest BCUT2D eigenvalue weighted by Crippen LogP contribution is -2.33. The second kappa shape index (κ2) is 9.50. The van der Waals surface area contributed by atoms with Crippen LogP contribution in [0.2, 0.25) is 0 Å². The molecule has 33 heavy (non-hydrogen) atoms. The van der Waals surface area contributed by atoms with Gasteiger partial charge in [0.2, 0.25) is 11.8 Å². The topological polar surface area (TPSA) is 117 Å². The minimum atomic E-state index is -0.672. The van der Waals surface area contributed by atoms with Gasteiger partial charge in [-0.2, -0.15) is 0 Å². The smallest absolute Gasteiger partial charge is 0.257 e. The lowest BCUT2D eigenvalue weighted by Gasteiger charge is -2.28. The maximum atomic E-state index is 13.5. The first-order valence-electron chi connectivity index (χ1n) is 10.9. The van der Waals surface area contributed by atoms with E-state index >= 15 is 0 Å². The number of hydrogen-bond acceptors (Lipinski definition) is 6. The van der Waals surface area contributed by atoms with Crippen molar-refractivity contribution in [3.63, 3.8) is 0 Å². The fourth-order valence-corrected chi connectivity index (χ4v) is 4.12. The molecule has 1 fully saturated rings. The van der Waals surface area contributed by atoms with Crippen molar-refractivity contribution in [1.82, 2.24) is 10.4 Å². The number of rotatable bonds is 9. The van der Waals surface area contributed by atoms with Crippen LogP contribution in [0.3, 0.4) is 0 Å². The van der Waals surface area contributed by atoms with Crippen molar-refractivity contribution in [3.8, 4) is 11.5 Å². The molecule has 2 aromatic carbocycles. The zero-order valence-corrected chi connectivity index (χ0v) is 18.6. The maximum Gasteiger partial charge on any atom is 0.257 e. The van der Waals surface area contributed by atoms with E-state index in [0.29, 0.717) is 34.9 Å². The van der Waals surface area contributed by atoms with Gasteiger partial charge >= 0.3 is 0 Å². The predicted molar refractivity (Wildman–Crippen MR) is 119 cm³/mol. The SMILES string of the molecule is CCOc1cc(C(CC(=O)NO)N2Cc3cccc(NC(=O)C4CC4)c3C2=O)ccc1OC. The molecule has 1 atom stereocenters. The fourth-order valence-electron chi connectivity index (χ4n) is 4.12. The highest BCUT2D eigenvalue weighted by Crippen LogP contribution is 2.40. The number of nitrogens with zero attached hydrogens (tertiary/aromatic N) is 1. The van der Waals surface area contributed by atoms with Gasteiger partial charge < -0.3 is 19.7 Å². The first-order chi connectivity index (χ1) is 16.0. The molecule has 1 heterocycles. The van der Waals surface area contributed by atoms with E-state index in [2.05, 4.69) is 5.32 Å². The van der Waals surface area contributed by atoms with E-state index in [1.165, 1.54) is 7.11 Å². The van der Waals surface area contributed by atoms with Crippen LogP contribution in [0.25, 0.3) is 0 Å². The highest BCUT2D eigenvalue weighted by Gasteiger charge is 2.38. The van der Waals surface area contributed by atoms with Gasteiger partial charge in [0.25, 0.3) is 5.91 Å². The van der Waals surface area contributed by atoms with E-state index < -0.39 is 11.9 Å². The van der Waals surface area contributed by atoms with Crippen molar-refractivity contribution in [2.75, 3.05) is 19.0 Å². The van der Waals surface area contributed by atoms with Gasteiger partial charge in [-0.25, -0.2) is 5.48 Å². The molecular weight excluding hydrogens is 426 g/mol. The third-order valence-corrected chi connectivity index (χ3v) is 5.92. The molecule has 0 spiro atoms. The summed E-state index contributed by atoms with van der Waals surface area (Å²) in [7, 11) is 1.53. The maximum absolute atomic E-state index is 13.5. The van der Waals surface area contributed by atoms with Crippen molar-refractivity contribution in [2.45, 2.75) is 38.8 Å². The summed E-state index contributed by atoms with van der Waals surface area (Å²) in [5.41, 5.74) is 3.99. The van der Waals surface area contributed by atoms with Crippen LogP contribution in [0, 0.1) is 5.92 Å². The summed E-state index contributed by atoms with van der Waals surface area (Å²) in [5, 5.41) is 12.0. The molecule has 9 nitrogen and oxygen atoms in total. The fraction of sp³-hybridized carbons (Fsp3) is 0.375. The number of nitrogens with one attached hydrogen (secondary N) is 2. The largest absolute Gasteiger partial charge is 0.493 e. The van der Waals surface area contributed by atoms with Crippen LogP contribution >= 0.6 is 0 Å². The Hall–Kier alpha value is -3.59. The molecule has 1 unspecified atom stereocenters. The number of anilines is 1. The Morgan fingerprint density at radius 1 is 1.21 bits per heavy atom. The summed E-state index contributed by atoms with van der Waals surface area (Å²) >= 11 is 0. The van der Waals surface area contributed by atoms with Gasteiger partial charge in [-0.1, -0.05) is 18.2 Å². The van der Waals surface area contributed by atoms with E-state index in [1.807, 2.05) is 13.0 Å². The first kappa shape index (κ1) is 22.6. The molecule has 174 valence electrons. The predicted octanol–water partition coefficient (Wildman–Crippen LogP) is 3.04. The van der Waals surface area contributed by atoms with Gasteiger partial charge in [-0.05, 0) is 49.1 Å². The van der Waals surface area contributed by atoms with Gasteiger partial charge in [-0.15, -0.1) is 0 Å². The molecule has 0 saturated heterocycles. The molecule has 0 radical (unpaired) electrons. The van der Waals surface area contributed by atoms with Crippen LogP contribution in [0.15, 0.2) is 36.4 Å². The molecular formula is C24H27N3O6. The Labute approximate surface area is 191 Å². The van der Waals surface area contributed by atoms with E-state index in [1.54, 1.807) is 40.7 Å². The number of ether oxygens (including phenoxy) is 2. The lowest BCUT2D eigenvalue weighted by molar-refractivity contribution is -0.130. The van der Waals surface area contributed by atoms with Gasteiger partial charge in [0.1, 0.15) is 0 Å². The molecule has 0 aromatic heterocycles. The molecule has 2 aliphatic rings. The number of carbonyl (C=O) groups excluding carboxylic acids is 3. The summed E-state index contributed by atoms with van der Waals surface area (Å²) < 4.78 is 11.0. The van der Waals surface area contributed by atoms with E-state index in [4.69, 9.17) is 14.7 Å². The van der Waals surface area contributed by atoms with E-state index in [-0.39, 0.29) is 30.7 Å². The van der Waals surface area contributed by atoms with Gasteiger partial charge in [0.15, 0.2) is 11.5 Å². The van der Waals surface area contributed by atoms with Crippen molar-refractivity contribution < 1.29 is 29.1 Å². The molecule has 2 aromatic rings. The lowest BCUT2D eigenvalue weighted by atomic mass is 10.0. The zero-order chi connectivity index (χ0) is 23.5. The first-order valence-corrected chi connectivity index (χ1v) is 10.9. The number of amides is 3. The Morgan fingerprint density at radius 2 is 2.00 bits per heavy atom. The number of fused-ring (bicyclic) bond motifs is 1. The summed E-state index contributed by atoms with van der Waals surface area (Å²) in [5.74, 6) is 0.0367. The van der Waals surface area contributed by atoms with Crippen LogP contribution in [-0.2, 0) is 16.1 Å². The Kier molecular flexibility index (Phi) is 6.50. The van der Waals surface area contributed by atoms with Crippen molar-refractivity contribution >= 4 is 23.4 Å². The summed E-state index contributed by atoms with van der Waals surface area (Å²) in [6, 6.07) is 9.91. The Bertz CT molecular complexity index is 1080. The van der Waals surface area contributed by atoms with E-state index in [0.717, 1.165) is 18.4 Å². The van der Waals surface area contributed by atoms with Crippen LogP contribution in [0.1, 0.15) is 53.7 Å². The molecule has 9 heteroatoms. The third kappa shape index (κ3) is 4.63. The number of benzene rings is 2. The van der Waals surface area contributed by atoms with Crippen molar-refractivity contribution in [2.24, 2.45) is 5.92 Å². The average molecular weight is 453 g/mol. The second-order valence-electron chi connectivity index (χ2n) is 8.13.